The van der Waals surface area contributed by atoms with Crippen LogP contribution in [-0.2, 0) is 9.59 Å². The van der Waals surface area contributed by atoms with Gasteiger partial charge in [-0.3, -0.25) is 9.59 Å². The van der Waals surface area contributed by atoms with Crippen molar-refractivity contribution in [2.75, 3.05) is 47.9 Å². The molecule has 148 valence electrons. The van der Waals surface area contributed by atoms with Crippen molar-refractivity contribution >= 4 is 35.0 Å². The van der Waals surface area contributed by atoms with Crippen molar-refractivity contribution in [3.05, 3.63) is 60.2 Å². The summed E-state index contributed by atoms with van der Waals surface area (Å²) in [5.74, 6) is -0.854. The van der Waals surface area contributed by atoms with Gasteiger partial charge in [-0.05, 0) is 36.4 Å². The van der Waals surface area contributed by atoms with Crippen molar-refractivity contribution in [2.24, 2.45) is 0 Å². The number of carbonyl (C=O) groups excluding carboxylic acids is 2. The average Bonchev–Trinajstić information content (AvgIpc) is 2.70. The molecule has 8 heteroatoms. The molecule has 2 aromatic carbocycles. The van der Waals surface area contributed by atoms with Crippen molar-refractivity contribution in [3.8, 4) is 0 Å². The van der Waals surface area contributed by atoms with Crippen LogP contribution in [0.2, 0.25) is 0 Å². The van der Waals surface area contributed by atoms with E-state index >= 15 is 0 Å². The Kier molecular flexibility index (Phi) is 6.86. The summed E-state index contributed by atoms with van der Waals surface area (Å²) in [4.78, 5) is 28.1. The Morgan fingerprint density at radius 1 is 0.929 bits per heavy atom. The van der Waals surface area contributed by atoms with Gasteiger partial charge in [0.1, 0.15) is 11.6 Å². The van der Waals surface area contributed by atoms with Crippen LogP contribution in [0.25, 0.3) is 0 Å². The highest BCUT2D eigenvalue weighted by molar-refractivity contribution is 8.00. The Hall–Kier alpha value is -2.61. The van der Waals surface area contributed by atoms with E-state index in [4.69, 9.17) is 0 Å². The molecule has 0 unspecified atom stereocenters. The molecule has 28 heavy (non-hydrogen) atoms. The molecule has 0 atom stereocenters. The summed E-state index contributed by atoms with van der Waals surface area (Å²) in [6, 6.07) is 12.3. The first-order valence-corrected chi connectivity index (χ1v) is 10.1. The number of anilines is 2. The molecule has 2 aromatic rings. The number of nitrogens with zero attached hydrogens (tertiary/aromatic N) is 2. The number of thioether (sulfide) groups is 1. The monoisotopic (exact) mass is 405 g/mol. The summed E-state index contributed by atoms with van der Waals surface area (Å²) in [5.41, 5.74) is 1.07. The first-order valence-electron chi connectivity index (χ1n) is 8.93. The minimum Gasteiger partial charge on any atom is -0.368 e. The van der Waals surface area contributed by atoms with Gasteiger partial charge in [-0.15, -0.1) is 11.8 Å². The maximum absolute atomic E-state index is 13.5. The van der Waals surface area contributed by atoms with Gasteiger partial charge in [-0.25, -0.2) is 8.78 Å². The molecule has 0 bridgehead atoms. The molecular formula is C20H21F2N3O2S. The number of carbonyl (C=O) groups is 2. The van der Waals surface area contributed by atoms with E-state index in [0.717, 1.165) is 5.69 Å². The van der Waals surface area contributed by atoms with Crippen LogP contribution in [0.15, 0.2) is 48.5 Å². The van der Waals surface area contributed by atoms with Gasteiger partial charge in [-0.2, -0.15) is 0 Å². The first kappa shape index (κ1) is 20.1. The summed E-state index contributed by atoms with van der Waals surface area (Å²) in [7, 11) is 0. The lowest BCUT2D eigenvalue weighted by atomic mass is 10.2. The van der Waals surface area contributed by atoms with Crippen molar-refractivity contribution < 1.29 is 18.4 Å². The molecule has 0 aliphatic carbocycles. The predicted octanol–water partition coefficient (Wildman–Crippen LogP) is 2.99. The third-order valence-corrected chi connectivity index (χ3v) is 5.35. The minimum absolute atomic E-state index is 0.0255. The van der Waals surface area contributed by atoms with Crippen LogP contribution < -0.4 is 10.2 Å². The molecule has 3 rings (SSSR count). The Morgan fingerprint density at radius 3 is 2.29 bits per heavy atom. The Bertz CT molecular complexity index is 824. The second-order valence-corrected chi connectivity index (χ2v) is 7.35. The number of halogens is 2. The molecule has 1 heterocycles. The number of rotatable bonds is 6. The Labute approximate surface area is 166 Å². The second-order valence-electron chi connectivity index (χ2n) is 6.37. The Morgan fingerprint density at radius 2 is 1.61 bits per heavy atom. The van der Waals surface area contributed by atoms with Crippen molar-refractivity contribution in [1.29, 1.82) is 0 Å². The molecule has 0 saturated carbocycles. The topological polar surface area (TPSA) is 52.7 Å². The fraction of sp³-hybridized carbons (Fsp3) is 0.300. The number of benzene rings is 2. The van der Waals surface area contributed by atoms with E-state index in [1.165, 1.54) is 36.0 Å². The molecule has 1 N–H and O–H groups in total. The van der Waals surface area contributed by atoms with Gasteiger partial charge >= 0.3 is 0 Å². The van der Waals surface area contributed by atoms with E-state index in [2.05, 4.69) is 10.2 Å². The molecule has 2 amide bonds. The lowest BCUT2D eigenvalue weighted by Gasteiger charge is -2.36. The van der Waals surface area contributed by atoms with E-state index in [9.17, 15) is 18.4 Å². The Balaban J connectivity index is 1.38. The number of para-hydroxylation sites is 1. The zero-order valence-electron chi connectivity index (χ0n) is 15.2. The van der Waals surface area contributed by atoms with Gasteiger partial charge in [-0.1, -0.05) is 12.1 Å². The molecule has 5 nitrogen and oxygen atoms in total. The highest BCUT2D eigenvalue weighted by Gasteiger charge is 2.21. The van der Waals surface area contributed by atoms with Crippen LogP contribution in [0.3, 0.4) is 0 Å². The molecule has 1 aliphatic rings. The fourth-order valence-electron chi connectivity index (χ4n) is 2.94. The average molecular weight is 405 g/mol. The van der Waals surface area contributed by atoms with Crippen molar-refractivity contribution in [1.82, 2.24) is 4.90 Å². The molecule has 1 fully saturated rings. The van der Waals surface area contributed by atoms with Gasteiger partial charge in [0, 0.05) is 31.9 Å². The second kappa shape index (κ2) is 9.54. The van der Waals surface area contributed by atoms with Crippen LogP contribution in [0.1, 0.15) is 0 Å². The maximum atomic E-state index is 13.5. The molecule has 1 saturated heterocycles. The van der Waals surface area contributed by atoms with Gasteiger partial charge < -0.3 is 15.1 Å². The van der Waals surface area contributed by atoms with E-state index in [0.29, 0.717) is 26.2 Å². The maximum Gasteiger partial charge on any atom is 0.234 e. The van der Waals surface area contributed by atoms with E-state index in [-0.39, 0.29) is 34.8 Å². The minimum atomic E-state index is -0.490. The number of hydrogen-bond acceptors (Lipinski definition) is 4. The zero-order valence-corrected chi connectivity index (χ0v) is 16.1. The van der Waals surface area contributed by atoms with E-state index < -0.39 is 5.82 Å². The zero-order chi connectivity index (χ0) is 19.9. The highest BCUT2D eigenvalue weighted by atomic mass is 32.2. The SMILES string of the molecule is O=C(CSCC(=O)N1CCN(c2ccc(F)cc2)CC1)Nc1ccccc1F. The first-order chi connectivity index (χ1) is 13.5. The normalized spacial score (nSPS) is 14.1. The van der Waals surface area contributed by atoms with Crippen LogP contribution in [-0.4, -0.2) is 54.4 Å². The highest BCUT2D eigenvalue weighted by Crippen LogP contribution is 2.18. The lowest BCUT2D eigenvalue weighted by molar-refractivity contribution is -0.128. The van der Waals surface area contributed by atoms with Crippen molar-refractivity contribution in [2.45, 2.75) is 0 Å². The van der Waals surface area contributed by atoms with Crippen LogP contribution >= 0.6 is 11.8 Å². The number of nitrogens with one attached hydrogen (secondary N) is 1. The molecular weight excluding hydrogens is 384 g/mol. The number of piperazine rings is 1. The standard InChI is InChI=1S/C20H21F2N3O2S/c21-15-5-7-16(8-6-15)24-9-11-25(12-10-24)20(27)14-28-13-19(26)23-18-4-2-1-3-17(18)22/h1-8H,9-14H2,(H,23,26). The number of amides is 2. The van der Waals surface area contributed by atoms with Gasteiger partial charge in [0.15, 0.2) is 0 Å². The molecule has 0 spiro atoms. The van der Waals surface area contributed by atoms with Crippen LogP contribution in [0, 0.1) is 11.6 Å². The quantitative estimate of drug-likeness (QED) is 0.803. The van der Waals surface area contributed by atoms with Crippen LogP contribution in [0.5, 0.6) is 0 Å². The van der Waals surface area contributed by atoms with E-state index in [1.807, 2.05) is 0 Å². The lowest BCUT2D eigenvalue weighted by Crippen LogP contribution is -2.49. The number of hydrogen-bond donors (Lipinski definition) is 1. The molecule has 0 aromatic heterocycles. The summed E-state index contributed by atoms with van der Waals surface area (Å²) >= 11 is 1.21. The van der Waals surface area contributed by atoms with E-state index in [1.54, 1.807) is 29.2 Å². The smallest absolute Gasteiger partial charge is 0.234 e. The van der Waals surface area contributed by atoms with Gasteiger partial charge in [0.25, 0.3) is 0 Å². The third kappa shape index (κ3) is 5.45. The van der Waals surface area contributed by atoms with Crippen molar-refractivity contribution in [3.63, 3.8) is 0 Å². The molecule has 1 aliphatic heterocycles. The van der Waals surface area contributed by atoms with Gasteiger partial charge in [0.2, 0.25) is 11.8 Å². The summed E-state index contributed by atoms with van der Waals surface area (Å²) in [6.07, 6.45) is 0. The summed E-state index contributed by atoms with van der Waals surface area (Å²) in [5, 5.41) is 2.50. The van der Waals surface area contributed by atoms with Gasteiger partial charge in [0.05, 0.1) is 17.2 Å². The fourth-order valence-corrected chi connectivity index (χ4v) is 3.65. The summed E-state index contributed by atoms with van der Waals surface area (Å²) in [6.45, 7) is 2.52. The summed E-state index contributed by atoms with van der Waals surface area (Å²) < 4.78 is 26.5. The largest absolute Gasteiger partial charge is 0.368 e. The predicted molar refractivity (Wildman–Crippen MR) is 108 cm³/mol. The molecule has 0 radical (unpaired) electrons. The van der Waals surface area contributed by atoms with Crippen LogP contribution in [0.4, 0.5) is 20.2 Å². The third-order valence-electron chi connectivity index (χ3n) is 4.43.